The Labute approximate surface area is 180 Å². The van der Waals surface area contributed by atoms with E-state index in [0.717, 1.165) is 0 Å². The molecule has 1 heterocycles. The summed E-state index contributed by atoms with van der Waals surface area (Å²) in [6, 6.07) is 19.3. The number of carbonyl (C=O) groups excluding carboxylic acids is 1. The highest BCUT2D eigenvalue weighted by Crippen LogP contribution is 2.15. The van der Waals surface area contributed by atoms with Gasteiger partial charge in [-0.3, -0.25) is 24.7 Å². The number of nitro benzene ring substituents is 1. The minimum atomic E-state index is -0.491. The van der Waals surface area contributed by atoms with Crippen LogP contribution in [0.1, 0.15) is 15.9 Å². The molecule has 0 aliphatic rings. The fourth-order valence-corrected chi connectivity index (χ4v) is 2.90. The number of nitrogens with one attached hydrogen (secondary N) is 3. The van der Waals surface area contributed by atoms with Crippen molar-refractivity contribution in [3.8, 4) is 0 Å². The van der Waals surface area contributed by atoms with Crippen LogP contribution in [0.25, 0.3) is 10.9 Å². The quantitative estimate of drug-likeness (QED) is 0.244. The van der Waals surface area contributed by atoms with Gasteiger partial charge in [0.1, 0.15) is 0 Å². The Hall–Kier alpha value is -4.86. The van der Waals surface area contributed by atoms with E-state index in [9.17, 15) is 19.7 Å². The molecule has 0 aliphatic heterocycles. The van der Waals surface area contributed by atoms with Crippen molar-refractivity contribution in [2.24, 2.45) is 5.10 Å². The molecule has 158 valence electrons. The van der Waals surface area contributed by atoms with Crippen LogP contribution in [0.15, 0.2) is 82.7 Å². The smallest absolute Gasteiger partial charge is 0.271 e. The van der Waals surface area contributed by atoms with Gasteiger partial charge in [0.25, 0.3) is 17.2 Å². The second kappa shape index (κ2) is 8.88. The molecule has 0 atom stereocenters. The Morgan fingerprint density at radius 1 is 1.03 bits per heavy atom. The molecule has 0 aliphatic carbocycles. The molecule has 0 unspecified atom stereocenters. The number of amides is 1. The monoisotopic (exact) mass is 428 g/mol. The van der Waals surface area contributed by atoms with E-state index in [-0.39, 0.29) is 11.2 Å². The number of hydrogen-bond donors (Lipinski definition) is 3. The summed E-state index contributed by atoms with van der Waals surface area (Å²) < 4.78 is 0. The van der Waals surface area contributed by atoms with Crippen molar-refractivity contribution in [2.45, 2.75) is 0 Å². The summed E-state index contributed by atoms with van der Waals surface area (Å²) in [5.74, 6) is -0.134. The highest BCUT2D eigenvalue weighted by Gasteiger charge is 2.07. The first kappa shape index (κ1) is 20.4. The van der Waals surface area contributed by atoms with Crippen LogP contribution in [0.3, 0.4) is 0 Å². The number of benzene rings is 3. The highest BCUT2D eigenvalue weighted by molar-refractivity contribution is 5.95. The molecule has 3 N–H and O–H groups in total. The van der Waals surface area contributed by atoms with Crippen molar-refractivity contribution in [1.29, 1.82) is 0 Å². The minimum absolute atomic E-state index is 0.0251. The lowest BCUT2D eigenvalue weighted by atomic mass is 10.2. The molecule has 0 saturated heterocycles. The van der Waals surface area contributed by atoms with Gasteiger partial charge in [-0.1, -0.05) is 12.1 Å². The third-order valence-electron chi connectivity index (χ3n) is 4.51. The van der Waals surface area contributed by atoms with Crippen molar-refractivity contribution in [1.82, 2.24) is 15.4 Å². The zero-order chi connectivity index (χ0) is 22.5. The van der Waals surface area contributed by atoms with Gasteiger partial charge in [-0.25, -0.2) is 10.4 Å². The van der Waals surface area contributed by atoms with Crippen molar-refractivity contribution in [3.05, 3.63) is 104 Å². The number of non-ortho nitro benzene ring substituents is 1. The molecule has 0 radical (unpaired) electrons. The van der Waals surface area contributed by atoms with Gasteiger partial charge >= 0.3 is 0 Å². The van der Waals surface area contributed by atoms with Gasteiger partial charge in [0.15, 0.2) is 0 Å². The van der Waals surface area contributed by atoms with Crippen molar-refractivity contribution in [2.75, 3.05) is 5.32 Å². The number of hydrogen-bond acceptors (Lipinski definition) is 7. The lowest BCUT2D eigenvalue weighted by Gasteiger charge is -2.07. The summed E-state index contributed by atoms with van der Waals surface area (Å²) in [6.45, 7) is 0. The van der Waals surface area contributed by atoms with Crippen molar-refractivity contribution < 1.29 is 9.72 Å². The molecule has 0 fully saturated rings. The molecular weight excluding hydrogens is 412 g/mol. The maximum atomic E-state index is 12.2. The average molecular weight is 428 g/mol. The third-order valence-corrected chi connectivity index (χ3v) is 4.51. The second-order valence-electron chi connectivity index (χ2n) is 6.68. The molecular formula is C22H16N6O4. The summed E-state index contributed by atoms with van der Waals surface area (Å²) >= 11 is 0. The third kappa shape index (κ3) is 4.65. The summed E-state index contributed by atoms with van der Waals surface area (Å²) in [4.78, 5) is 41.6. The number of nitro groups is 1. The van der Waals surface area contributed by atoms with Crippen LogP contribution in [0.4, 0.5) is 17.3 Å². The Morgan fingerprint density at radius 2 is 1.75 bits per heavy atom. The van der Waals surface area contributed by atoms with Crippen molar-refractivity contribution >= 4 is 40.3 Å². The maximum Gasteiger partial charge on any atom is 0.271 e. The highest BCUT2D eigenvalue weighted by atomic mass is 16.6. The zero-order valence-corrected chi connectivity index (χ0v) is 16.5. The number of rotatable bonds is 6. The van der Waals surface area contributed by atoms with Gasteiger partial charge in [0, 0.05) is 23.4 Å². The largest absolute Gasteiger partial charge is 0.326 e. The van der Waals surface area contributed by atoms with Crippen LogP contribution in [0.2, 0.25) is 0 Å². The number of nitrogens with zero attached hydrogens (tertiary/aromatic N) is 3. The number of para-hydroxylation sites is 1. The maximum absolute atomic E-state index is 12.2. The summed E-state index contributed by atoms with van der Waals surface area (Å²) in [6.07, 6.45) is 1.39. The van der Waals surface area contributed by atoms with E-state index in [2.05, 4.69) is 25.8 Å². The predicted octanol–water partition coefficient (Wildman–Crippen LogP) is 3.34. The van der Waals surface area contributed by atoms with E-state index in [1.54, 1.807) is 48.5 Å². The Bertz CT molecular complexity index is 1380. The van der Waals surface area contributed by atoms with Gasteiger partial charge in [-0.2, -0.15) is 5.10 Å². The lowest BCUT2D eigenvalue weighted by Crippen LogP contribution is -2.17. The first-order valence-electron chi connectivity index (χ1n) is 9.43. The molecule has 4 rings (SSSR count). The molecule has 1 amide bonds. The molecule has 10 nitrogen and oxygen atoms in total. The van der Waals surface area contributed by atoms with Crippen LogP contribution in [0, 0.1) is 10.1 Å². The van der Waals surface area contributed by atoms with Crippen LogP contribution < -0.4 is 16.3 Å². The van der Waals surface area contributed by atoms with Gasteiger partial charge in [-0.15, -0.1) is 0 Å². The fourth-order valence-electron chi connectivity index (χ4n) is 2.90. The SMILES string of the molecule is O=C(N/N=C\c1ccc([N+](=O)[O-])cc1)c1ccc(Nc2nc3ccccc3c(=O)[nH]2)cc1. The first-order valence-corrected chi connectivity index (χ1v) is 9.43. The molecule has 10 heteroatoms. The predicted molar refractivity (Wildman–Crippen MR) is 120 cm³/mol. The number of aromatic nitrogens is 2. The zero-order valence-electron chi connectivity index (χ0n) is 16.5. The first-order chi connectivity index (χ1) is 15.5. The van der Waals surface area contributed by atoms with E-state index in [1.165, 1.54) is 30.5 Å². The van der Waals surface area contributed by atoms with Gasteiger partial charge in [0.05, 0.1) is 22.0 Å². The van der Waals surface area contributed by atoms with E-state index in [0.29, 0.717) is 33.7 Å². The second-order valence-corrected chi connectivity index (χ2v) is 6.68. The Balaban J connectivity index is 1.39. The Morgan fingerprint density at radius 3 is 2.47 bits per heavy atom. The van der Waals surface area contributed by atoms with Gasteiger partial charge in [-0.05, 0) is 54.1 Å². The number of carbonyl (C=O) groups is 1. The minimum Gasteiger partial charge on any atom is -0.326 e. The van der Waals surface area contributed by atoms with Crippen molar-refractivity contribution in [3.63, 3.8) is 0 Å². The van der Waals surface area contributed by atoms with Crippen LogP contribution in [-0.2, 0) is 0 Å². The number of aromatic amines is 1. The van der Waals surface area contributed by atoms with Crippen LogP contribution >= 0.6 is 0 Å². The summed E-state index contributed by atoms with van der Waals surface area (Å²) in [7, 11) is 0. The topological polar surface area (TPSA) is 142 Å². The molecule has 3 aromatic carbocycles. The van der Waals surface area contributed by atoms with E-state index in [4.69, 9.17) is 0 Å². The molecule has 0 bridgehead atoms. The molecule has 0 saturated carbocycles. The van der Waals surface area contributed by atoms with Crippen LogP contribution in [0.5, 0.6) is 0 Å². The molecule has 1 aromatic heterocycles. The molecule has 32 heavy (non-hydrogen) atoms. The van der Waals surface area contributed by atoms with Gasteiger partial charge < -0.3 is 5.32 Å². The summed E-state index contributed by atoms with van der Waals surface area (Å²) in [5.41, 5.74) is 4.30. The standard InChI is InChI=1S/C22H16N6O4/c29-20(27-23-13-14-5-11-17(12-6-14)28(31)32)15-7-9-16(10-8-15)24-22-25-19-4-2-1-3-18(19)21(30)26-22/h1-13H,(H,27,29)(H2,24,25,26,30)/b23-13-. The number of hydrazone groups is 1. The number of H-pyrrole nitrogens is 1. The normalized spacial score (nSPS) is 10.9. The number of anilines is 2. The molecule has 0 spiro atoms. The van der Waals surface area contributed by atoms with Gasteiger partial charge in [0.2, 0.25) is 5.95 Å². The molecule has 4 aromatic rings. The summed E-state index contributed by atoms with van der Waals surface area (Å²) in [5, 5.41) is 18.0. The van der Waals surface area contributed by atoms with E-state index < -0.39 is 10.8 Å². The van der Waals surface area contributed by atoms with Crippen LogP contribution in [-0.4, -0.2) is 27.0 Å². The van der Waals surface area contributed by atoms with E-state index >= 15 is 0 Å². The number of fused-ring (bicyclic) bond motifs is 1. The lowest BCUT2D eigenvalue weighted by molar-refractivity contribution is -0.384. The Kier molecular flexibility index (Phi) is 5.66. The fraction of sp³-hybridized carbons (Fsp3) is 0. The average Bonchev–Trinajstić information content (AvgIpc) is 2.80. The van der Waals surface area contributed by atoms with E-state index in [1.807, 2.05) is 0 Å².